The summed E-state index contributed by atoms with van der Waals surface area (Å²) in [6, 6.07) is 1.24. The number of halogens is 3. The Balaban J connectivity index is 2.45. The average Bonchev–Trinajstić information content (AvgIpc) is 2.90. The Morgan fingerprint density at radius 3 is 2.81 bits per heavy atom. The van der Waals surface area contributed by atoms with Crippen molar-refractivity contribution in [2.24, 2.45) is 0 Å². The third-order valence-corrected chi connectivity index (χ3v) is 3.12. The maximum atomic E-state index is 14.0. The van der Waals surface area contributed by atoms with Crippen molar-refractivity contribution in [3.05, 3.63) is 39.7 Å². The molecule has 2 aromatic rings. The molecule has 21 heavy (non-hydrogen) atoms. The van der Waals surface area contributed by atoms with Gasteiger partial charge in [-0.2, -0.15) is 9.37 Å². The zero-order valence-electron chi connectivity index (χ0n) is 10.8. The lowest BCUT2D eigenvalue weighted by atomic mass is 10.1. The van der Waals surface area contributed by atoms with Crippen molar-refractivity contribution in [2.75, 3.05) is 0 Å². The molecule has 1 heterocycles. The van der Waals surface area contributed by atoms with Crippen molar-refractivity contribution >= 4 is 17.3 Å². The Kier molecular flexibility index (Phi) is 4.46. The molecule has 1 unspecified atom stereocenters. The van der Waals surface area contributed by atoms with Gasteiger partial charge >= 0.3 is 5.69 Å². The summed E-state index contributed by atoms with van der Waals surface area (Å²) in [6.45, 7) is 1.91. The van der Waals surface area contributed by atoms with Crippen molar-refractivity contribution in [1.82, 2.24) is 10.1 Å². The number of rotatable bonds is 5. The molecule has 0 fully saturated rings. The van der Waals surface area contributed by atoms with Gasteiger partial charge in [-0.05, 0) is 12.5 Å². The summed E-state index contributed by atoms with van der Waals surface area (Å²) < 4.78 is 32.1. The summed E-state index contributed by atoms with van der Waals surface area (Å²) in [5.41, 5.74) is -1.47. The summed E-state index contributed by atoms with van der Waals surface area (Å²) in [5.74, 6) is -2.45. The number of alkyl halides is 1. The molecular formula is C12H10ClF2N3O3. The van der Waals surface area contributed by atoms with E-state index in [9.17, 15) is 18.9 Å². The molecule has 0 bridgehead atoms. The summed E-state index contributed by atoms with van der Waals surface area (Å²) in [5, 5.41) is 13.7. The van der Waals surface area contributed by atoms with Gasteiger partial charge in [0.05, 0.1) is 21.9 Å². The van der Waals surface area contributed by atoms with Crippen LogP contribution in [0.3, 0.4) is 0 Å². The van der Waals surface area contributed by atoms with Crippen molar-refractivity contribution < 1.29 is 18.2 Å². The first-order valence-corrected chi connectivity index (χ1v) is 6.49. The molecule has 1 atom stereocenters. The van der Waals surface area contributed by atoms with E-state index in [0.29, 0.717) is 12.5 Å². The third kappa shape index (κ3) is 3.15. The zero-order chi connectivity index (χ0) is 15.6. The fraction of sp³-hybridized carbons (Fsp3) is 0.333. The van der Waals surface area contributed by atoms with Gasteiger partial charge in [-0.1, -0.05) is 18.5 Å². The van der Waals surface area contributed by atoms with Gasteiger partial charge in [0.1, 0.15) is 5.82 Å². The number of hydrogen-bond donors (Lipinski definition) is 0. The van der Waals surface area contributed by atoms with Gasteiger partial charge in [0, 0.05) is 0 Å². The van der Waals surface area contributed by atoms with Gasteiger partial charge < -0.3 is 4.52 Å². The molecule has 1 aromatic carbocycles. The van der Waals surface area contributed by atoms with Crippen molar-refractivity contribution in [2.45, 2.75) is 25.1 Å². The third-order valence-electron chi connectivity index (χ3n) is 2.71. The Hall–Kier alpha value is -2.09. The predicted octanol–water partition coefficient (Wildman–Crippen LogP) is 4.00. The molecule has 0 saturated carbocycles. The van der Waals surface area contributed by atoms with Gasteiger partial charge in [0.25, 0.3) is 5.89 Å². The Morgan fingerprint density at radius 2 is 2.19 bits per heavy atom. The second kappa shape index (κ2) is 6.13. The van der Waals surface area contributed by atoms with Gasteiger partial charge in [-0.15, -0.1) is 11.6 Å². The van der Waals surface area contributed by atoms with E-state index in [-0.39, 0.29) is 11.7 Å². The molecule has 9 heteroatoms. The normalized spacial score (nSPS) is 12.4. The Labute approximate surface area is 122 Å². The summed E-state index contributed by atoms with van der Waals surface area (Å²) in [4.78, 5) is 13.5. The highest BCUT2D eigenvalue weighted by molar-refractivity contribution is 6.20. The molecule has 112 valence electrons. The summed E-state index contributed by atoms with van der Waals surface area (Å²) in [6.07, 6.45) is 1.35. The van der Waals surface area contributed by atoms with Gasteiger partial charge in [-0.25, -0.2) is 4.39 Å². The Bertz CT molecular complexity index is 678. The fourth-order valence-corrected chi connectivity index (χ4v) is 2.02. The molecule has 0 aliphatic rings. The van der Waals surface area contributed by atoms with Crippen LogP contribution in [0, 0.1) is 21.7 Å². The first-order chi connectivity index (χ1) is 9.93. The van der Waals surface area contributed by atoms with Crippen LogP contribution in [0.25, 0.3) is 11.5 Å². The number of nitrogens with zero attached hydrogens (tertiary/aromatic N) is 3. The van der Waals surface area contributed by atoms with Crippen LogP contribution < -0.4 is 0 Å². The standard InChI is InChI=1S/C12H10ClF2N3O3/c1-2-3-8(13)11-16-12(21-17-11)7-4-6(14)5-9(10(7)15)18(19)20/h4-5,8H,2-3H2,1H3. The molecule has 0 aliphatic heterocycles. The van der Waals surface area contributed by atoms with Crippen LogP contribution in [0.1, 0.15) is 31.0 Å². The van der Waals surface area contributed by atoms with Crippen molar-refractivity contribution in [1.29, 1.82) is 0 Å². The van der Waals surface area contributed by atoms with Crippen LogP contribution in [0.2, 0.25) is 0 Å². The minimum Gasteiger partial charge on any atom is -0.334 e. The molecule has 0 spiro atoms. The highest BCUT2D eigenvalue weighted by Gasteiger charge is 2.25. The fourth-order valence-electron chi connectivity index (χ4n) is 1.72. The topological polar surface area (TPSA) is 82.1 Å². The van der Waals surface area contributed by atoms with E-state index in [1.54, 1.807) is 0 Å². The minimum absolute atomic E-state index is 0.125. The number of nitro benzene ring substituents is 1. The van der Waals surface area contributed by atoms with E-state index in [2.05, 4.69) is 10.1 Å². The first kappa shape index (κ1) is 15.3. The SMILES string of the molecule is CCCC(Cl)c1noc(-c2cc(F)cc([N+](=O)[O-])c2F)n1. The summed E-state index contributed by atoms with van der Waals surface area (Å²) >= 11 is 6.00. The number of aromatic nitrogens is 2. The van der Waals surface area contributed by atoms with Gasteiger partial charge in [0.15, 0.2) is 5.82 Å². The van der Waals surface area contributed by atoms with Crippen LogP contribution >= 0.6 is 11.6 Å². The lowest BCUT2D eigenvalue weighted by Gasteiger charge is -2.00. The molecule has 6 nitrogen and oxygen atoms in total. The van der Waals surface area contributed by atoms with E-state index < -0.39 is 33.2 Å². The largest absolute Gasteiger partial charge is 0.334 e. The molecule has 0 saturated heterocycles. The number of benzene rings is 1. The molecule has 0 aliphatic carbocycles. The summed E-state index contributed by atoms with van der Waals surface area (Å²) in [7, 11) is 0. The monoisotopic (exact) mass is 317 g/mol. The molecule has 1 aromatic heterocycles. The van der Waals surface area contributed by atoms with Crippen LogP contribution in [0.15, 0.2) is 16.7 Å². The van der Waals surface area contributed by atoms with Crippen molar-refractivity contribution in [3.63, 3.8) is 0 Å². The first-order valence-electron chi connectivity index (χ1n) is 6.05. The van der Waals surface area contributed by atoms with Crippen molar-refractivity contribution in [3.8, 4) is 11.5 Å². The molecule has 0 amide bonds. The maximum Gasteiger partial charge on any atom is 0.308 e. The van der Waals surface area contributed by atoms with Crippen LogP contribution in [0.5, 0.6) is 0 Å². The highest BCUT2D eigenvalue weighted by Crippen LogP contribution is 2.31. The maximum absolute atomic E-state index is 14.0. The van der Waals surface area contributed by atoms with E-state index in [0.717, 1.165) is 12.5 Å². The predicted molar refractivity (Wildman–Crippen MR) is 69.8 cm³/mol. The number of nitro groups is 1. The van der Waals surface area contributed by atoms with Crippen LogP contribution in [-0.4, -0.2) is 15.1 Å². The van der Waals surface area contributed by atoms with Gasteiger partial charge in [-0.3, -0.25) is 10.1 Å². The lowest BCUT2D eigenvalue weighted by molar-refractivity contribution is -0.387. The highest BCUT2D eigenvalue weighted by atomic mass is 35.5. The van der Waals surface area contributed by atoms with E-state index >= 15 is 0 Å². The smallest absolute Gasteiger partial charge is 0.308 e. The average molecular weight is 318 g/mol. The second-order valence-corrected chi connectivity index (χ2v) is 4.78. The molecule has 0 N–H and O–H groups in total. The number of hydrogen-bond acceptors (Lipinski definition) is 5. The zero-order valence-corrected chi connectivity index (χ0v) is 11.6. The van der Waals surface area contributed by atoms with E-state index in [1.807, 2.05) is 6.92 Å². The Morgan fingerprint density at radius 1 is 1.48 bits per heavy atom. The second-order valence-electron chi connectivity index (χ2n) is 4.26. The van der Waals surface area contributed by atoms with E-state index in [1.165, 1.54) is 0 Å². The van der Waals surface area contributed by atoms with Crippen LogP contribution in [-0.2, 0) is 0 Å². The lowest BCUT2D eigenvalue weighted by Crippen LogP contribution is -1.97. The molecule has 2 rings (SSSR count). The van der Waals surface area contributed by atoms with Gasteiger partial charge in [0.2, 0.25) is 5.82 Å². The quantitative estimate of drug-likeness (QED) is 0.473. The molecule has 0 radical (unpaired) electrons. The molecular weight excluding hydrogens is 308 g/mol. The van der Waals surface area contributed by atoms with Crippen LogP contribution in [0.4, 0.5) is 14.5 Å². The minimum atomic E-state index is -1.24. The van der Waals surface area contributed by atoms with E-state index in [4.69, 9.17) is 16.1 Å².